The van der Waals surface area contributed by atoms with E-state index in [1.54, 1.807) is 0 Å². The van der Waals surface area contributed by atoms with Crippen LogP contribution in [0.25, 0.3) is 0 Å². The third-order valence-electron chi connectivity index (χ3n) is 3.61. The predicted octanol–water partition coefficient (Wildman–Crippen LogP) is 3.97. The fraction of sp³-hybridized carbons (Fsp3) is 0.600. The zero-order valence-corrected chi connectivity index (χ0v) is 13.0. The van der Waals surface area contributed by atoms with Crippen molar-refractivity contribution in [3.8, 4) is 0 Å². The molecule has 1 fully saturated rings. The molecule has 2 N–H and O–H groups in total. The SMILES string of the molecule is NC[C@@H](CCO[C@@H]1CCCCO1)c1ccc(Cl)c(Cl)c1. The van der Waals surface area contributed by atoms with E-state index in [1.165, 1.54) is 6.42 Å². The molecule has 0 aliphatic carbocycles. The van der Waals surface area contributed by atoms with Gasteiger partial charge in [0.05, 0.1) is 16.7 Å². The van der Waals surface area contributed by atoms with Crippen LogP contribution in [0.3, 0.4) is 0 Å². The van der Waals surface area contributed by atoms with Gasteiger partial charge in [0.15, 0.2) is 6.29 Å². The lowest BCUT2D eigenvalue weighted by atomic mass is 9.96. The summed E-state index contributed by atoms with van der Waals surface area (Å²) < 4.78 is 11.3. The Labute approximate surface area is 130 Å². The van der Waals surface area contributed by atoms with Crippen LogP contribution in [-0.4, -0.2) is 26.0 Å². The van der Waals surface area contributed by atoms with Gasteiger partial charge in [0.1, 0.15) is 0 Å². The summed E-state index contributed by atoms with van der Waals surface area (Å²) in [6, 6.07) is 5.67. The molecule has 2 atom stereocenters. The van der Waals surface area contributed by atoms with E-state index in [0.29, 0.717) is 23.2 Å². The van der Waals surface area contributed by atoms with Gasteiger partial charge < -0.3 is 15.2 Å². The number of ether oxygens (including phenoxy) is 2. The lowest BCUT2D eigenvalue weighted by molar-refractivity contribution is -0.163. The summed E-state index contributed by atoms with van der Waals surface area (Å²) in [5.41, 5.74) is 6.96. The van der Waals surface area contributed by atoms with Gasteiger partial charge in [-0.05, 0) is 55.8 Å². The average molecular weight is 318 g/mol. The monoisotopic (exact) mass is 317 g/mol. The molecule has 20 heavy (non-hydrogen) atoms. The normalized spacial score (nSPS) is 20.9. The molecule has 0 saturated carbocycles. The summed E-state index contributed by atoms with van der Waals surface area (Å²) in [7, 11) is 0. The second-order valence-electron chi connectivity index (χ2n) is 5.06. The quantitative estimate of drug-likeness (QED) is 0.863. The molecule has 0 aromatic heterocycles. The van der Waals surface area contributed by atoms with Gasteiger partial charge in [-0.2, -0.15) is 0 Å². The van der Waals surface area contributed by atoms with Gasteiger partial charge in [-0.25, -0.2) is 0 Å². The minimum absolute atomic E-state index is 0.0454. The topological polar surface area (TPSA) is 44.5 Å². The number of halogens is 2. The third kappa shape index (κ3) is 4.61. The van der Waals surface area contributed by atoms with Crippen molar-refractivity contribution in [1.82, 2.24) is 0 Å². The van der Waals surface area contributed by atoms with Crippen LogP contribution in [-0.2, 0) is 9.47 Å². The minimum Gasteiger partial charge on any atom is -0.353 e. The van der Waals surface area contributed by atoms with Crippen molar-refractivity contribution in [2.24, 2.45) is 5.73 Å². The largest absolute Gasteiger partial charge is 0.353 e. The van der Waals surface area contributed by atoms with E-state index in [1.807, 2.05) is 18.2 Å². The standard InChI is InChI=1S/C15H21Cl2NO2/c16-13-5-4-11(9-14(13)17)12(10-18)6-8-20-15-3-1-2-7-19-15/h4-5,9,12,15H,1-3,6-8,10,18H2/t12-,15-/m1/s1. The summed E-state index contributed by atoms with van der Waals surface area (Å²) in [5.74, 6) is 0.230. The number of nitrogens with two attached hydrogens (primary N) is 1. The second kappa shape index (κ2) is 8.20. The highest BCUT2D eigenvalue weighted by Gasteiger charge is 2.16. The van der Waals surface area contributed by atoms with Crippen LogP contribution in [0.1, 0.15) is 37.2 Å². The van der Waals surface area contributed by atoms with Crippen molar-refractivity contribution in [3.63, 3.8) is 0 Å². The Bertz CT molecular complexity index is 422. The molecule has 1 aromatic carbocycles. The molecule has 1 heterocycles. The van der Waals surface area contributed by atoms with Crippen molar-refractivity contribution < 1.29 is 9.47 Å². The van der Waals surface area contributed by atoms with Crippen LogP contribution >= 0.6 is 23.2 Å². The zero-order chi connectivity index (χ0) is 14.4. The highest BCUT2D eigenvalue weighted by molar-refractivity contribution is 6.42. The Balaban J connectivity index is 1.83. The Morgan fingerprint density at radius 3 is 2.80 bits per heavy atom. The van der Waals surface area contributed by atoms with E-state index in [4.69, 9.17) is 38.4 Å². The van der Waals surface area contributed by atoms with Gasteiger partial charge in [0.2, 0.25) is 0 Å². The Hall–Kier alpha value is -0.320. The molecular formula is C15H21Cl2NO2. The Kier molecular flexibility index (Phi) is 6.59. The molecule has 1 saturated heterocycles. The molecule has 0 radical (unpaired) electrons. The molecule has 1 aromatic rings. The average Bonchev–Trinajstić information content (AvgIpc) is 2.48. The summed E-state index contributed by atoms with van der Waals surface area (Å²) >= 11 is 12.0. The predicted molar refractivity (Wildman–Crippen MR) is 82.4 cm³/mol. The molecule has 3 nitrogen and oxygen atoms in total. The fourth-order valence-corrected chi connectivity index (χ4v) is 2.68. The van der Waals surface area contributed by atoms with Crippen LogP contribution in [0.5, 0.6) is 0 Å². The highest BCUT2D eigenvalue weighted by Crippen LogP contribution is 2.28. The van der Waals surface area contributed by atoms with Crippen LogP contribution in [0.4, 0.5) is 0 Å². The summed E-state index contributed by atoms with van der Waals surface area (Å²) in [5, 5.41) is 1.14. The van der Waals surface area contributed by atoms with E-state index >= 15 is 0 Å². The number of hydrogen-bond acceptors (Lipinski definition) is 3. The smallest absolute Gasteiger partial charge is 0.157 e. The van der Waals surface area contributed by atoms with Gasteiger partial charge >= 0.3 is 0 Å². The third-order valence-corrected chi connectivity index (χ3v) is 4.35. The minimum atomic E-state index is -0.0454. The molecule has 2 rings (SSSR count). The van der Waals surface area contributed by atoms with E-state index < -0.39 is 0 Å². The van der Waals surface area contributed by atoms with Crippen molar-refractivity contribution in [2.75, 3.05) is 19.8 Å². The van der Waals surface area contributed by atoms with E-state index in [9.17, 15) is 0 Å². The first-order chi connectivity index (χ1) is 9.70. The first-order valence-electron chi connectivity index (χ1n) is 7.09. The van der Waals surface area contributed by atoms with E-state index in [2.05, 4.69) is 0 Å². The van der Waals surface area contributed by atoms with Crippen LogP contribution in [0, 0.1) is 0 Å². The van der Waals surface area contributed by atoms with Crippen molar-refractivity contribution >= 4 is 23.2 Å². The van der Waals surface area contributed by atoms with Crippen molar-refractivity contribution in [2.45, 2.75) is 37.9 Å². The summed E-state index contributed by atoms with van der Waals surface area (Å²) in [6.45, 7) is 2.01. The second-order valence-corrected chi connectivity index (χ2v) is 5.88. The van der Waals surface area contributed by atoms with E-state index in [0.717, 1.165) is 31.4 Å². The van der Waals surface area contributed by atoms with Gasteiger partial charge in [0.25, 0.3) is 0 Å². The number of benzene rings is 1. The molecule has 1 aliphatic heterocycles. The Morgan fingerprint density at radius 2 is 2.15 bits per heavy atom. The molecule has 0 unspecified atom stereocenters. The maximum Gasteiger partial charge on any atom is 0.157 e. The molecule has 112 valence electrons. The maximum absolute atomic E-state index is 6.05. The van der Waals surface area contributed by atoms with Gasteiger partial charge in [-0.1, -0.05) is 29.3 Å². The van der Waals surface area contributed by atoms with Crippen molar-refractivity contribution in [1.29, 1.82) is 0 Å². The first kappa shape index (κ1) is 16.1. The van der Waals surface area contributed by atoms with Gasteiger partial charge in [-0.15, -0.1) is 0 Å². The summed E-state index contributed by atoms with van der Waals surface area (Å²) in [4.78, 5) is 0. The maximum atomic E-state index is 6.05. The lowest BCUT2D eigenvalue weighted by Crippen LogP contribution is -2.24. The molecule has 1 aliphatic rings. The number of hydrogen-bond donors (Lipinski definition) is 1. The van der Waals surface area contributed by atoms with Crippen LogP contribution in [0.2, 0.25) is 10.0 Å². The Morgan fingerprint density at radius 1 is 1.30 bits per heavy atom. The van der Waals surface area contributed by atoms with E-state index in [-0.39, 0.29) is 12.2 Å². The first-order valence-corrected chi connectivity index (χ1v) is 7.84. The van der Waals surface area contributed by atoms with Gasteiger partial charge in [-0.3, -0.25) is 0 Å². The molecule has 0 amide bonds. The lowest BCUT2D eigenvalue weighted by Gasteiger charge is -2.24. The van der Waals surface area contributed by atoms with Crippen molar-refractivity contribution in [3.05, 3.63) is 33.8 Å². The molecule has 5 heteroatoms. The highest BCUT2D eigenvalue weighted by atomic mass is 35.5. The number of rotatable bonds is 6. The molecular weight excluding hydrogens is 297 g/mol. The summed E-state index contributed by atoms with van der Waals surface area (Å²) in [6.07, 6.45) is 4.11. The molecule has 0 bridgehead atoms. The fourth-order valence-electron chi connectivity index (χ4n) is 2.37. The van der Waals surface area contributed by atoms with Crippen LogP contribution in [0.15, 0.2) is 18.2 Å². The molecule has 0 spiro atoms. The van der Waals surface area contributed by atoms with Crippen LogP contribution < -0.4 is 5.73 Å². The zero-order valence-electron chi connectivity index (χ0n) is 11.5. The van der Waals surface area contributed by atoms with Gasteiger partial charge in [0, 0.05) is 6.61 Å².